The molecule has 7 heteroatoms. The van der Waals surface area contributed by atoms with Crippen molar-refractivity contribution in [2.75, 3.05) is 0 Å². The fraction of sp³-hybridized carbons (Fsp3) is 0.286. The van der Waals surface area contributed by atoms with Crippen LogP contribution in [0.5, 0.6) is 0 Å². The fourth-order valence-corrected chi connectivity index (χ4v) is 2.22. The van der Waals surface area contributed by atoms with Gasteiger partial charge in [-0.15, -0.1) is 0 Å². The van der Waals surface area contributed by atoms with Crippen LogP contribution >= 0.6 is 12.6 Å². The molecule has 1 heterocycles. The predicted octanol–water partition coefficient (Wildman–Crippen LogP) is 2.66. The quantitative estimate of drug-likeness (QED) is 0.523. The smallest absolute Gasteiger partial charge is 0.267 e. The molecule has 0 amide bonds. The third-order valence-electron chi connectivity index (χ3n) is 3.01. The zero-order valence-electron chi connectivity index (χ0n) is 11.5. The van der Waals surface area contributed by atoms with Gasteiger partial charge in [0.05, 0.1) is 10.6 Å². The lowest BCUT2D eigenvalue weighted by molar-refractivity contribution is -0.384. The minimum absolute atomic E-state index is 0.00466. The molecule has 0 bridgehead atoms. The van der Waals surface area contributed by atoms with Crippen LogP contribution in [-0.2, 0) is 12.3 Å². The van der Waals surface area contributed by atoms with E-state index in [-0.39, 0.29) is 11.2 Å². The summed E-state index contributed by atoms with van der Waals surface area (Å²) in [6.07, 6.45) is 0.775. The van der Waals surface area contributed by atoms with Gasteiger partial charge in [-0.05, 0) is 12.5 Å². The van der Waals surface area contributed by atoms with E-state index in [9.17, 15) is 14.9 Å². The Labute approximate surface area is 127 Å². The molecule has 2 aromatic rings. The summed E-state index contributed by atoms with van der Waals surface area (Å²) >= 11 is 4.16. The van der Waals surface area contributed by atoms with Crippen LogP contribution in [0.4, 0.5) is 5.69 Å². The number of aryl methyl sites for hydroxylation is 1. The summed E-state index contributed by atoms with van der Waals surface area (Å²) in [6, 6.07) is 7.85. The molecule has 1 aromatic carbocycles. The third-order valence-corrected chi connectivity index (χ3v) is 3.35. The molecule has 0 N–H and O–H groups in total. The Balaban J connectivity index is 2.58. The van der Waals surface area contributed by atoms with E-state index in [1.165, 1.54) is 16.8 Å². The summed E-state index contributed by atoms with van der Waals surface area (Å²) in [5.74, 6) is 0.299. The van der Waals surface area contributed by atoms with Gasteiger partial charge in [-0.2, -0.15) is 17.7 Å². The van der Waals surface area contributed by atoms with Crippen LogP contribution in [0.15, 0.2) is 35.1 Å². The Hall–Kier alpha value is -2.15. The molecule has 0 aliphatic rings. The highest BCUT2D eigenvalue weighted by atomic mass is 32.1. The molecule has 0 saturated heterocycles. The van der Waals surface area contributed by atoms with E-state index >= 15 is 0 Å². The second-order valence-electron chi connectivity index (χ2n) is 4.55. The second kappa shape index (κ2) is 6.53. The molecule has 21 heavy (non-hydrogen) atoms. The van der Waals surface area contributed by atoms with Crippen molar-refractivity contribution in [3.63, 3.8) is 0 Å². The molecule has 0 spiro atoms. The predicted molar refractivity (Wildman–Crippen MR) is 83.6 cm³/mol. The Morgan fingerprint density at radius 1 is 1.38 bits per heavy atom. The van der Waals surface area contributed by atoms with Crippen LogP contribution < -0.4 is 5.56 Å². The van der Waals surface area contributed by atoms with Gasteiger partial charge in [0.15, 0.2) is 0 Å². The lowest BCUT2D eigenvalue weighted by atomic mass is 10.1. The van der Waals surface area contributed by atoms with E-state index < -0.39 is 4.92 Å². The minimum Gasteiger partial charge on any atom is -0.267 e. The Bertz CT molecular complexity index is 728. The zero-order valence-corrected chi connectivity index (χ0v) is 12.4. The Morgan fingerprint density at radius 3 is 2.76 bits per heavy atom. The van der Waals surface area contributed by atoms with Crippen molar-refractivity contribution in [2.45, 2.75) is 25.6 Å². The van der Waals surface area contributed by atoms with Crippen LogP contribution in [0.1, 0.15) is 18.9 Å². The number of non-ortho nitro benzene ring substituents is 1. The molecule has 1 aromatic heterocycles. The van der Waals surface area contributed by atoms with E-state index in [1.807, 2.05) is 6.92 Å². The molecule has 6 nitrogen and oxygen atoms in total. The number of nitrogens with zero attached hydrogens (tertiary/aromatic N) is 3. The number of benzene rings is 1. The highest BCUT2D eigenvalue weighted by Crippen LogP contribution is 2.22. The number of aromatic nitrogens is 2. The van der Waals surface area contributed by atoms with Gasteiger partial charge < -0.3 is 0 Å². The van der Waals surface area contributed by atoms with Crippen LogP contribution in [0.25, 0.3) is 11.3 Å². The van der Waals surface area contributed by atoms with Crippen LogP contribution in [-0.4, -0.2) is 14.7 Å². The first-order valence-electron chi connectivity index (χ1n) is 6.53. The number of rotatable bonds is 5. The lowest BCUT2D eigenvalue weighted by Crippen LogP contribution is -2.26. The highest BCUT2D eigenvalue weighted by Gasteiger charge is 2.12. The summed E-state index contributed by atoms with van der Waals surface area (Å²) < 4.78 is 1.39. The van der Waals surface area contributed by atoms with Crippen LogP contribution in [0.3, 0.4) is 0 Å². The number of hydrogen-bond acceptors (Lipinski definition) is 5. The average molecular weight is 305 g/mol. The molecule has 0 fully saturated rings. The van der Waals surface area contributed by atoms with Crippen LogP contribution in [0.2, 0.25) is 0 Å². The normalized spacial score (nSPS) is 10.6. The Kier molecular flexibility index (Phi) is 4.74. The van der Waals surface area contributed by atoms with E-state index in [2.05, 4.69) is 17.7 Å². The topological polar surface area (TPSA) is 78.0 Å². The molecular weight excluding hydrogens is 290 g/mol. The Morgan fingerprint density at radius 2 is 2.14 bits per heavy atom. The number of thiol groups is 1. The monoisotopic (exact) mass is 305 g/mol. The van der Waals surface area contributed by atoms with E-state index in [1.54, 1.807) is 18.2 Å². The maximum atomic E-state index is 12.1. The lowest BCUT2D eigenvalue weighted by Gasteiger charge is -2.09. The van der Waals surface area contributed by atoms with Crippen molar-refractivity contribution in [3.8, 4) is 11.3 Å². The molecule has 0 unspecified atom stereocenters. The molecule has 0 atom stereocenters. The molecular formula is C14H15N3O3S. The average Bonchev–Trinajstić information content (AvgIpc) is 2.49. The van der Waals surface area contributed by atoms with Gasteiger partial charge >= 0.3 is 0 Å². The van der Waals surface area contributed by atoms with Crippen molar-refractivity contribution in [1.82, 2.24) is 9.78 Å². The summed E-state index contributed by atoms with van der Waals surface area (Å²) in [5.41, 5.74) is 1.51. The minimum atomic E-state index is -0.453. The van der Waals surface area contributed by atoms with Crippen molar-refractivity contribution in [3.05, 3.63) is 56.4 Å². The van der Waals surface area contributed by atoms with Gasteiger partial charge in [0.2, 0.25) is 0 Å². The van der Waals surface area contributed by atoms with Crippen molar-refractivity contribution in [1.29, 1.82) is 0 Å². The SMILES string of the molecule is CCCn1nc(-c2cccc([N+](=O)[O-])c2)cc(CS)c1=O. The summed E-state index contributed by atoms with van der Waals surface area (Å²) in [7, 11) is 0. The maximum absolute atomic E-state index is 12.1. The van der Waals surface area contributed by atoms with E-state index in [0.29, 0.717) is 29.1 Å². The van der Waals surface area contributed by atoms with E-state index in [4.69, 9.17) is 0 Å². The van der Waals surface area contributed by atoms with Gasteiger partial charge in [0.1, 0.15) is 0 Å². The highest BCUT2D eigenvalue weighted by molar-refractivity contribution is 7.79. The van der Waals surface area contributed by atoms with Crippen molar-refractivity contribution >= 4 is 18.3 Å². The van der Waals surface area contributed by atoms with Gasteiger partial charge in [-0.1, -0.05) is 19.1 Å². The standard InChI is InChI=1S/C14H15N3O3S/c1-2-6-16-14(18)11(9-21)8-13(15-16)10-4-3-5-12(7-10)17(19)20/h3-5,7-8,21H,2,6,9H2,1H3. The fourth-order valence-electron chi connectivity index (χ4n) is 1.99. The van der Waals surface area contributed by atoms with Crippen LogP contribution in [0, 0.1) is 10.1 Å². The molecule has 0 aliphatic heterocycles. The van der Waals surface area contributed by atoms with Gasteiger partial charge in [-0.25, -0.2) is 4.68 Å². The molecule has 0 radical (unpaired) electrons. The largest absolute Gasteiger partial charge is 0.270 e. The number of nitro groups is 1. The summed E-state index contributed by atoms with van der Waals surface area (Å²) in [4.78, 5) is 22.5. The van der Waals surface area contributed by atoms with Crippen molar-refractivity contribution < 1.29 is 4.92 Å². The first-order chi connectivity index (χ1) is 10.1. The van der Waals surface area contributed by atoms with Gasteiger partial charge in [-0.3, -0.25) is 14.9 Å². The maximum Gasteiger partial charge on any atom is 0.270 e. The van der Waals surface area contributed by atoms with Gasteiger partial charge in [0.25, 0.3) is 11.2 Å². The van der Waals surface area contributed by atoms with E-state index in [0.717, 1.165) is 6.42 Å². The van der Waals surface area contributed by atoms with Crippen molar-refractivity contribution in [2.24, 2.45) is 0 Å². The first kappa shape index (κ1) is 15.2. The number of hydrogen-bond donors (Lipinski definition) is 1. The molecule has 110 valence electrons. The van der Waals surface area contributed by atoms with Gasteiger partial charge in [0, 0.05) is 35.6 Å². The summed E-state index contributed by atoms with van der Waals surface area (Å²) in [5, 5.41) is 15.1. The molecule has 2 rings (SSSR count). The second-order valence-corrected chi connectivity index (χ2v) is 4.86. The number of nitro benzene ring substituents is 1. The first-order valence-corrected chi connectivity index (χ1v) is 7.16. The third kappa shape index (κ3) is 3.30. The molecule has 0 aliphatic carbocycles. The molecule has 0 saturated carbocycles. The summed E-state index contributed by atoms with van der Waals surface area (Å²) in [6.45, 7) is 2.46. The zero-order chi connectivity index (χ0) is 15.4.